The van der Waals surface area contributed by atoms with Crippen LogP contribution >= 0.6 is 0 Å². The minimum absolute atomic E-state index is 0.261. The molecule has 2 heterocycles. The Labute approximate surface area is 385 Å². The van der Waals surface area contributed by atoms with Crippen molar-refractivity contribution < 1.29 is 64.6 Å². The molecule has 0 aromatic heterocycles. The molecule has 0 aromatic carbocycles. The first-order valence-corrected chi connectivity index (χ1v) is 25.2. The Morgan fingerprint density at radius 2 is 1.00 bits per heavy atom. The van der Waals surface area contributed by atoms with Crippen LogP contribution in [0, 0.1) is 0 Å². The van der Waals surface area contributed by atoms with Gasteiger partial charge in [-0.15, -0.1) is 0 Å². The zero-order valence-electron chi connectivity index (χ0n) is 39.5. The average molecular weight is 914 g/mol. The maximum Gasteiger partial charge on any atom is 0.220 e. The lowest BCUT2D eigenvalue weighted by Gasteiger charge is -2.46. The smallest absolute Gasteiger partial charge is 0.220 e. The molecule has 0 bridgehead atoms. The number of aliphatic hydroxyl groups excluding tert-OH is 8. The predicted molar refractivity (Wildman–Crippen MR) is 249 cm³/mol. The maximum absolute atomic E-state index is 12.9. The predicted octanol–water partition coefficient (Wildman–Crippen LogP) is 6.32. The highest BCUT2D eigenvalue weighted by Crippen LogP contribution is 2.30. The van der Waals surface area contributed by atoms with Crippen molar-refractivity contribution >= 4 is 5.91 Å². The molecule has 0 spiro atoms. The lowest BCUT2D eigenvalue weighted by Crippen LogP contribution is -2.65. The van der Waals surface area contributed by atoms with Crippen LogP contribution in [0.15, 0.2) is 36.5 Å². The largest absolute Gasteiger partial charge is 0.394 e. The fourth-order valence-corrected chi connectivity index (χ4v) is 8.14. The third-order valence-corrected chi connectivity index (χ3v) is 12.3. The van der Waals surface area contributed by atoms with Crippen molar-refractivity contribution in [1.82, 2.24) is 5.32 Å². The van der Waals surface area contributed by atoms with Gasteiger partial charge in [0.05, 0.1) is 32.0 Å². The summed E-state index contributed by atoms with van der Waals surface area (Å²) < 4.78 is 22.5. The van der Waals surface area contributed by atoms with E-state index in [0.29, 0.717) is 12.8 Å². The number of rotatable bonds is 38. The van der Waals surface area contributed by atoms with Gasteiger partial charge in [0.25, 0.3) is 0 Å². The molecule has 64 heavy (non-hydrogen) atoms. The van der Waals surface area contributed by atoms with Crippen molar-refractivity contribution in [3.8, 4) is 0 Å². The zero-order valence-corrected chi connectivity index (χ0v) is 39.5. The summed E-state index contributed by atoms with van der Waals surface area (Å²) in [5, 5.41) is 86.1. The minimum atomic E-state index is -1.79. The maximum atomic E-state index is 12.9. The highest BCUT2D eigenvalue weighted by Gasteiger charge is 2.51. The van der Waals surface area contributed by atoms with Gasteiger partial charge in [0, 0.05) is 6.42 Å². The van der Waals surface area contributed by atoms with Crippen molar-refractivity contribution in [1.29, 1.82) is 0 Å². The number of amides is 1. The fraction of sp³-hybridized carbons (Fsp3) is 0.860. The van der Waals surface area contributed by atoms with Gasteiger partial charge in [0.2, 0.25) is 5.91 Å². The fourth-order valence-electron chi connectivity index (χ4n) is 8.14. The summed E-state index contributed by atoms with van der Waals surface area (Å²) >= 11 is 0. The van der Waals surface area contributed by atoms with Gasteiger partial charge in [-0.25, -0.2) is 0 Å². The molecule has 374 valence electrons. The van der Waals surface area contributed by atoms with E-state index in [2.05, 4.69) is 43.5 Å². The van der Waals surface area contributed by atoms with E-state index in [9.17, 15) is 45.6 Å². The molecule has 0 radical (unpaired) electrons. The van der Waals surface area contributed by atoms with Crippen LogP contribution in [0.4, 0.5) is 0 Å². The minimum Gasteiger partial charge on any atom is -0.394 e. The van der Waals surface area contributed by atoms with Gasteiger partial charge in [-0.2, -0.15) is 0 Å². The molecule has 0 saturated carbocycles. The standard InChI is InChI=1S/C50H91NO13/c1-3-5-7-9-10-11-12-13-14-15-16-17-18-19-20-21-22-23-24-25-26-27-28-29-30-31-33-39(54)38(51-42(55)34-32-8-6-4-2)37-61-49-47(60)45(58)48(41(36-53)63-49)64-50-46(59)44(57)43(56)40(35-52)62-50/h23-24,27-28,31,33,38-41,43-50,52-54,56-60H,3-22,25-26,29-30,32,34-37H2,1-2H3,(H,51,55)/b24-23+,28-27+,33-31+. The molecule has 2 fully saturated rings. The van der Waals surface area contributed by atoms with Gasteiger partial charge in [-0.3, -0.25) is 4.79 Å². The summed E-state index contributed by atoms with van der Waals surface area (Å²) in [7, 11) is 0. The van der Waals surface area contributed by atoms with Crippen LogP contribution in [0.1, 0.15) is 181 Å². The van der Waals surface area contributed by atoms with E-state index in [1.807, 2.05) is 6.08 Å². The lowest BCUT2D eigenvalue weighted by molar-refractivity contribution is -0.359. The van der Waals surface area contributed by atoms with E-state index >= 15 is 0 Å². The average Bonchev–Trinajstić information content (AvgIpc) is 3.29. The van der Waals surface area contributed by atoms with Crippen LogP contribution in [0.3, 0.4) is 0 Å². The van der Waals surface area contributed by atoms with Crippen molar-refractivity contribution in [2.24, 2.45) is 0 Å². The molecule has 2 rings (SSSR count). The number of aliphatic hydroxyl groups is 8. The number of ether oxygens (including phenoxy) is 4. The monoisotopic (exact) mass is 914 g/mol. The summed E-state index contributed by atoms with van der Waals surface area (Å²) in [5.41, 5.74) is 0. The summed E-state index contributed by atoms with van der Waals surface area (Å²) in [6.45, 7) is 2.61. The first-order chi connectivity index (χ1) is 31.1. The van der Waals surface area contributed by atoms with Crippen LogP contribution in [-0.2, 0) is 23.7 Å². The Morgan fingerprint density at radius 3 is 1.53 bits per heavy atom. The summed E-state index contributed by atoms with van der Waals surface area (Å²) in [6, 6.07) is -0.930. The van der Waals surface area contributed by atoms with Gasteiger partial charge in [0.1, 0.15) is 48.8 Å². The van der Waals surface area contributed by atoms with Gasteiger partial charge in [-0.05, 0) is 44.9 Å². The van der Waals surface area contributed by atoms with E-state index in [1.165, 1.54) is 103 Å². The zero-order chi connectivity index (χ0) is 46.8. The summed E-state index contributed by atoms with van der Waals surface area (Å²) in [5.74, 6) is -0.273. The molecule has 12 unspecified atom stereocenters. The summed E-state index contributed by atoms with van der Waals surface area (Å²) in [6.07, 6.45) is 25.8. The van der Waals surface area contributed by atoms with E-state index in [0.717, 1.165) is 44.9 Å². The number of allylic oxidation sites excluding steroid dienone is 5. The lowest BCUT2D eigenvalue weighted by atomic mass is 9.97. The molecule has 0 aliphatic carbocycles. The van der Waals surface area contributed by atoms with Crippen molar-refractivity contribution in [2.45, 2.75) is 254 Å². The third-order valence-electron chi connectivity index (χ3n) is 12.3. The third kappa shape index (κ3) is 24.3. The second-order valence-electron chi connectivity index (χ2n) is 17.9. The number of carbonyl (C=O) groups excluding carboxylic acids is 1. The van der Waals surface area contributed by atoms with Gasteiger partial charge in [-0.1, -0.05) is 166 Å². The van der Waals surface area contributed by atoms with E-state index < -0.39 is 86.8 Å². The SMILES string of the molecule is CCCCCCCCCCCCCCCCCC/C=C/CC/C=C/CC/C=C/C(O)C(COC1OC(CO)C(OC2OC(CO)C(O)C(O)C2O)C(O)C1O)NC(=O)CCCCCC. The normalized spacial score (nSPS) is 27.5. The van der Waals surface area contributed by atoms with Gasteiger partial charge in [0.15, 0.2) is 12.6 Å². The molecule has 12 atom stereocenters. The van der Waals surface area contributed by atoms with Crippen LogP contribution in [0.5, 0.6) is 0 Å². The van der Waals surface area contributed by atoms with Crippen LogP contribution < -0.4 is 5.32 Å². The highest BCUT2D eigenvalue weighted by atomic mass is 16.7. The molecule has 9 N–H and O–H groups in total. The van der Waals surface area contributed by atoms with E-state index in [-0.39, 0.29) is 18.9 Å². The van der Waals surface area contributed by atoms with Crippen molar-refractivity contribution in [3.05, 3.63) is 36.5 Å². The van der Waals surface area contributed by atoms with Crippen molar-refractivity contribution in [2.75, 3.05) is 19.8 Å². The molecule has 2 aliphatic heterocycles. The first kappa shape index (κ1) is 58.3. The van der Waals surface area contributed by atoms with Gasteiger partial charge >= 0.3 is 0 Å². The Balaban J connectivity index is 1.71. The second kappa shape index (κ2) is 37.2. The molecule has 0 aromatic rings. The molecule has 2 aliphatic rings. The molecule has 1 amide bonds. The number of unbranched alkanes of at least 4 members (excludes halogenated alkanes) is 21. The molecule has 2 saturated heterocycles. The van der Waals surface area contributed by atoms with Crippen molar-refractivity contribution in [3.63, 3.8) is 0 Å². The second-order valence-corrected chi connectivity index (χ2v) is 17.9. The Morgan fingerprint density at radius 1 is 0.547 bits per heavy atom. The number of hydrogen-bond donors (Lipinski definition) is 9. The van der Waals surface area contributed by atoms with Crippen LogP contribution in [0.25, 0.3) is 0 Å². The Kier molecular flexibility index (Phi) is 33.9. The molecule has 14 heteroatoms. The Bertz CT molecular complexity index is 1220. The van der Waals surface area contributed by atoms with Crippen LogP contribution in [-0.4, -0.2) is 140 Å². The van der Waals surface area contributed by atoms with E-state index in [1.54, 1.807) is 6.08 Å². The number of hydrogen-bond acceptors (Lipinski definition) is 13. The van der Waals surface area contributed by atoms with E-state index in [4.69, 9.17) is 18.9 Å². The quantitative estimate of drug-likeness (QED) is 0.0244. The van der Waals surface area contributed by atoms with Gasteiger partial charge < -0.3 is 65.1 Å². The molecule has 14 nitrogen and oxygen atoms in total. The highest BCUT2D eigenvalue weighted by molar-refractivity contribution is 5.76. The summed E-state index contributed by atoms with van der Waals surface area (Å²) in [4.78, 5) is 12.9. The molecular formula is C50H91NO13. The van der Waals surface area contributed by atoms with Crippen LogP contribution in [0.2, 0.25) is 0 Å². The number of carbonyl (C=O) groups is 1. The number of nitrogens with one attached hydrogen (secondary N) is 1. The Hall–Kier alpha value is -1.79. The first-order valence-electron chi connectivity index (χ1n) is 25.2. The topological polar surface area (TPSA) is 228 Å². The molecular weight excluding hydrogens is 823 g/mol.